The van der Waals surface area contributed by atoms with E-state index in [0.717, 1.165) is 18.2 Å². The Morgan fingerprint density at radius 1 is 1.31 bits per heavy atom. The maximum Gasteiger partial charge on any atom is 0.252 e. The first-order valence-electron chi connectivity index (χ1n) is 4.37. The van der Waals surface area contributed by atoms with Gasteiger partial charge in [-0.25, -0.2) is 8.78 Å². The van der Waals surface area contributed by atoms with Crippen LogP contribution < -0.4 is 5.32 Å². The summed E-state index contributed by atoms with van der Waals surface area (Å²) in [4.78, 5) is 22.1. The summed E-state index contributed by atoms with van der Waals surface area (Å²) in [6.45, 7) is 1.38. The van der Waals surface area contributed by atoms with E-state index in [2.05, 4.69) is 5.32 Å². The molecule has 1 N–H and O–H groups in total. The number of amides is 1. The molecule has 0 spiro atoms. The molecule has 0 aliphatic rings. The van der Waals surface area contributed by atoms with E-state index in [1.165, 1.54) is 6.92 Å². The fraction of sp³-hybridized carbons (Fsp3) is 0.200. The SMILES string of the molecule is CC(NC(=O)c1ccc(F)c(F)c1)C(=O)Cl. The average molecular weight is 248 g/mol. The summed E-state index contributed by atoms with van der Waals surface area (Å²) in [6, 6.07) is 1.80. The summed E-state index contributed by atoms with van der Waals surface area (Å²) in [5, 5.41) is 1.49. The molecule has 0 bridgehead atoms. The van der Waals surface area contributed by atoms with Gasteiger partial charge in [-0.1, -0.05) is 0 Å². The first-order valence-corrected chi connectivity index (χ1v) is 4.75. The Morgan fingerprint density at radius 3 is 2.44 bits per heavy atom. The maximum absolute atomic E-state index is 12.8. The van der Waals surface area contributed by atoms with Gasteiger partial charge in [0.05, 0.1) is 0 Å². The number of rotatable bonds is 3. The summed E-state index contributed by atoms with van der Waals surface area (Å²) in [7, 11) is 0. The molecule has 0 fully saturated rings. The van der Waals surface area contributed by atoms with Crippen LogP contribution in [-0.4, -0.2) is 17.2 Å². The zero-order valence-electron chi connectivity index (χ0n) is 8.26. The lowest BCUT2D eigenvalue weighted by Crippen LogP contribution is -2.36. The lowest BCUT2D eigenvalue weighted by molar-refractivity contribution is -0.113. The van der Waals surface area contributed by atoms with Crippen LogP contribution in [0.2, 0.25) is 0 Å². The molecule has 1 atom stereocenters. The second-order valence-corrected chi connectivity index (χ2v) is 3.50. The first-order chi connectivity index (χ1) is 7.41. The molecule has 0 heterocycles. The van der Waals surface area contributed by atoms with Crippen molar-refractivity contribution >= 4 is 22.8 Å². The third kappa shape index (κ3) is 3.00. The van der Waals surface area contributed by atoms with Gasteiger partial charge >= 0.3 is 0 Å². The molecule has 0 aromatic heterocycles. The summed E-state index contributed by atoms with van der Waals surface area (Å²) in [5.74, 6) is -2.86. The van der Waals surface area contributed by atoms with Crippen molar-refractivity contribution in [2.45, 2.75) is 13.0 Å². The minimum atomic E-state index is -1.13. The Labute approximate surface area is 95.4 Å². The zero-order chi connectivity index (χ0) is 12.3. The second kappa shape index (κ2) is 5.03. The Balaban J connectivity index is 2.81. The molecule has 0 radical (unpaired) electrons. The van der Waals surface area contributed by atoms with E-state index in [0.29, 0.717) is 0 Å². The van der Waals surface area contributed by atoms with Crippen LogP contribution in [-0.2, 0) is 4.79 Å². The predicted octanol–water partition coefficient (Wildman–Crippen LogP) is 1.85. The first kappa shape index (κ1) is 12.6. The Morgan fingerprint density at radius 2 is 1.94 bits per heavy atom. The highest BCUT2D eigenvalue weighted by atomic mass is 35.5. The Kier molecular flexibility index (Phi) is 3.95. The molecular weight excluding hydrogens is 240 g/mol. The molecule has 0 saturated carbocycles. The van der Waals surface area contributed by atoms with E-state index in [9.17, 15) is 18.4 Å². The van der Waals surface area contributed by atoms with Crippen LogP contribution in [0.3, 0.4) is 0 Å². The van der Waals surface area contributed by atoms with Gasteiger partial charge in [-0.15, -0.1) is 0 Å². The van der Waals surface area contributed by atoms with Crippen molar-refractivity contribution in [1.82, 2.24) is 5.32 Å². The van der Waals surface area contributed by atoms with Crippen molar-refractivity contribution in [1.29, 1.82) is 0 Å². The van der Waals surface area contributed by atoms with Gasteiger partial charge in [0.15, 0.2) is 11.6 Å². The zero-order valence-corrected chi connectivity index (χ0v) is 9.02. The molecule has 1 unspecified atom stereocenters. The number of hydrogen-bond donors (Lipinski definition) is 1. The quantitative estimate of drug-likeness (QED) is 0.829. The number of benzene rings is 1. The van der Waals surface area contributed by atoms with E-state index in [-0.39, 0.29) is 5.56 Å². The normalized spacial score (nSPS) is 12.0. The smallest absolute Gasteiger partial charge is 0.252 e. The third-order valence-electron chi connectivity index (χ3n) is 1.87. The maximum atomic E-state index is 12.8. The number of nitrogens with one attached hydrogen (secondary N) is 1. The molecular formula is C10H8ClF2NO2. The summed E-state index contributed by atoms with van der Waals surface area (Å²) in [5.41, 5.74) is -0.0799. The van der Waals surface area contributed by atoms with Gasteiger partial charge in [-0.3, -0.25) is 9.59 Å². The predicted molar refractivity (Wildman–Crippen MR) is 54.1 cm³/mol. The number of carbonyl (C=O) groups is 2. The van der Waals surface area contributed by atoms with Crippen LogP contribution in [0.25, 0.3) is 0 Å². The Hall–Kier alpha value is -1.49. The second-order valence-electron chi connectivity index (χ2n) is 3.13. The van der Waals surface area contributed by atoms with E-state index in [1.54, 1.807) is 0 Å². The van der Waals surface area contributed by atoms with Gasteiger partial charge in [0.1, 0.15) is 6.04 Å². The summed E-state index contributed by atoms with van der Waals surface area (Å²) >= 11 is 5.13. The van der Waals surface area contributed by atoms with Crippen molar-refractivity contribution in [3.63, 3.8) is 0 Å². The molecule has 86 valence electrons. The fourth-order valence-electron chi connectivity index (χ4n) is 0.974. The van der Waals surface area contributed by atoms with Crippen LogP contribution in [0.15, 0.2) is 18.2 Å². The highest BCUT2D eigenvalue weighted by Crippen LogP contribution is 2.08. The van der Waals surface area contributed by atoms with Crippen molar-refractivity contribution in [3.8, 4) is 0 Å². The van der Waals surface area contributed by atoms with Crippen molar-refractivity contribution in [2.75, 3.05) is 0 Å². The molecule has 1 aromatic rings. The van der Waals surface area contributed by atoms with E-state index in [1.807, 2.05) is 0 Å². The van der Waals surface area contributed by atoms with Gasteiger partial charge in [-0.2, -0.15) is 0 Å². The molecule has 1 rings (SSSR count). The molecule has 6 heteroatoms. The van der Waals surface area contributed by atoms with Crippen molar-refractivity contribution < 1.29 is 18.4 Å². The molecule has 3 nitrogen and oxygen atoms in total. The lowest BCUT2D eigenvalue weighted by atomic mass is 10.2. The third-order valence-corrected chi connectivity index (χ3v) is 2.20. The number of hydrogen-bond acceptors (Lipinski definition) is 2. The standard InChI is InChI=1S/C10H8ClF2NO2/c1-5(9(11)15)14-10(16)6-2-3-7(12)8(13)4-6/h2-5H,1H3,(H,14,16). The molecule has 16 heavy (non-hydrogen) atoms. The van der Waals surface area contributed by atoms with Gasteiger partial charge in [-0.05, 0) is 36.7 Å². The van der Waals surface area contributed by atoms with Crippen molar-refractivity contribution in [2.24, 2.45) is 0 Å². The van der Waals surface area contributed by atoms with E-state index in [4.69, 9.17) is 11.6 Å². The van der Waals surface area contributed by atoms with Gasteiger partial charge in [0, 0.05) is 5.56 Å². The minimum absolute atomic E-state index is 0.0799. The van der Waals surface area contributed by atoms with E-state index < -0.39 is 28.8 Å². The van der Waals surface area contributed by atoms with Crippen LogP contribution >= 0.6 is 11.6 Å². The molecule has 0 aliphatic carbocycles. The summed E-state index contributed by atoms with van der Waals surface area (Å²) in [6.07, 6.45) is 0. The molecule has 1 aromatic carbocycles. The highest BCUT2D eigenvalue weighted by molar-refractivity contribution is 6.64. The van der Waals surface area contributed by atoms with Crippen molar-refractivity contribution in [3.05, 3.63) is 35.4 Å². The molecule has 0 saturated heterocycles. The highest BCUT2D eigenvalue weighted by Gasteiger charge is 2.15. The monoisotopic (exact) mass is 247 g/mol. The van der Waals surface area contributed by atoms with Gasteiger partial charge < -0.3 is 5.32 Å². The summed E-state index contributed by atoms with van der Waals surface area (Å²) < 4.78 is 25.4. The molecule has 1 amide bonds. The van der Waals surface area contributed by atoms with Gasteiger partial charge in [0.25, 0.3) is 5.91 Å². The van der Waals surface area contributed by atoms with E-state index >= 15 is 0 Å². The Bertz CT molecular complexity index is 437. The average Bonchev–Trinajstić information content (AvgIpc) is 2.21. The number of halogens is 3. The largest absolute Gasteiger partial charge is 0.341 e. The number of carbonyl (C=O) groups excluding carboxylic acids is 2. The van der Waals surface area contributed by atoms with Crippen LogP contribution in [0, 0.1) is 11.6 Å². The van der Waals surface area contributed by atoms with Crippen LogP contribution in [0.4, 0.5) is 8.78 Å². The fourth-order valence-corrected chi connectivity index (χ4v) is 1.03. The lowest BCUT2D eigenvalue weighted by Gasteiger charge is -2.09. The van der Waals surface area contributed by atoms with Crippen LogP contribution in [0.1, 0.15) is 17.3 Å². The van der Waals surface area contributed by atoms with Crippen LogP contribution in [0.5, 0.6) is 0 Å². The molecule has 0 aliphatic heterocycles. The minimum Gasteiger partial charge on any atom is -0.341 e. The van der Waals surface area contributed by atoms with Gasteiger partial charge in [0.2, 0.25) is 5.24 Å². The topological polar surface area (TPSA) is 46.2 Å².